The Labute approximate surface area is 635 Å². The van der Waals surface area contributed by atoms with Crippen LogP contribution in [0.15, 0.2) is 370 Å². The standard InChI is InChI=1S/C100H61N11/c1-5-30-63(31-6-1)95-101-97(66-36-25-35-65(59-66)72-49-27-34-62-29-13-14-43-71(62)72)105-100(104-95)111-85-53-22-17-46-75(85)82-61-81(90-80-48-19-24-55-87(80)109(94(90)93(82)111)69-40-11-4-12-41-69)76-50-28-56-88-89(76)79-47-18-23-54-86(79)107(88)70-42-26-37-67(60-70)98-102-96(64-32-7-2-8-33-64)103-99(106-98)110-84-52-21-16-45-74(84)78-58-57-77-73-44-15-20-51-83(73)108(91(77)92(78)110)68-38-9-3-10-39-68/h1-61H. The molecule has 0 unspecified atom stereocenters. The van der Waals surface area contributed by atoms with E-state index in [1.807, 2.05) is 36.4 Å². The summed E-state index contributed by atoms with van der Waals surface area (Å²) in [7, 11) is 0. The third kappa shape index (κ3) is 9.59. The summed E-state index contributed by atoms with van der Waals surface area (Å²) in [4.78, 5) is 33.2. The lowest BCUT2D eigenvalue weighted by molar-refractivity contribution is 0.953. The van der Waals surface area contributed by atoms with E-state index in [4.69, 9.17) is 29.9 Å². The van der Waals surface area contributed by atoms with Crippen molar-refractivity contribution in [2.45, 2.75) is 0 Å². The van der Waals surface area contributed by atoms with Crippen LogP contribution in [-0.2, 0) is 0 Å². The Morgan fingerprint density at radius 3 is 1.12 bits per heavy atom. The lowest BCUT2D eigenvalue weighted by Gasteiger charge is -2.15. The SMILES string of the molecule is c1ccc(-c2nc(-c3cccc(-n4c5ccccc5c5c(-c6cc7c8ccccc8n(-c8nc(-c9ccccc9)nc(-c9cccc(-c%10cccc%11ccccc%10%11)c9)n8)c7c7c6c6ccccc6n7-c6ccccc6)cccc54)c3)nc(-n3c4ccccc4c4ccc5c6ccccc6n(-c6ccccc6)c5c43)n2)cc1. The molecule has 0 aliphatic heterocycles. The van der Waals surface area contributed by atoms with Gasteiger partial charge in [-0.15, -0.1) is 0 Å². The fraction of sp³-hybridized carbons (Fsp3) is 0. The van der Waals surface area contributed by atoms with Gasteiger partial charge in [-0.1, -0.05) is 285 Å². The first-order valence-corrected chi connectivity index (χ1v) is 37.5. The zero-order chi connectivity index (χ0) is 72.8. The second kappa shape index (κ2) is 24.7. The monoisotopic (exact) mass is 1420 g/mol. The van der Waals surface area contributed by atoms with Crippen LogP contribution in [0.5, 0.6) is 0 Å². The van der Waals surface area contributed by atoms with Gasteiger partial charge in [0.05, 0.1) is 55.2 Å². The van der Waals surface area contributed by atoms with Crippen molar-refractivity contribution in [3.63, 3.8) is 0 Å². The highest BCUT2D eigenvalue weighted by molar-refractivity contribution is 6.31. The van der Waals surface area contributed by atoms with Crippen LogP contribution in [0.2, 0.25) is 0 Å². The molecule has 0 fully saturated rings. The van der Waals surface area contributed by atoms with E-state index < -0.39 is 0 Å². The molecule has 0 saturated heterocycles. The second-order valence-corrected chi connectivity index (χ2v) is 28.5. The molecule has 7 aromatic heterocycles. The smallest absolute Gasteiger partial charge is 0.238 e. The first kappa shape index (κ1) is 62.0. The van der Waals surface area contributed by atoms with Crippen molar-refractivity contribution >= 4 is 120 Å². The van der Waals surface area contributed by atoms with Gasteiger partial charge in [-0.05, 0) is 118 Å². The molecule has 0 bridgehead atoms. The molecular weight excluding hydrogens is 1360 g/mol. The summed E-state index contributed by atoms with van der Waals surface area (Å²) in [6.45, 7) is 0. The minimum absolute atomic E-state index is 0.507. The fourth-order valence-corrected chi connectivity index (χ4v) is 17.6. The van der Waals surface area contributed by atoms with Gasteiger partial charge in [0.25, 0.3) is 0 Å². The molecule has 516 valence electrons. The van der Waals surface area contributed by atoms with Gasteiger partial charge >= 0.3 is 0 Å². The minimum Gasteiger partial charge on any atom is -0.309 e. The Hall–Kier alpha value is -15.2. The molecule has 11 heteroatoms. The third-order valence-corrected chi connectivity index (χ3v) is 22.4. The largest absolute Gasteiger partial charge is 0.309 e. The van der Waals surface area contributed by atoms with Crippen LogP contribution < -0.4 is 0 Å². The summed E-state index contributed by atoms with van der Waals surface area (Å²) in [5.41, 5.74) is 21.3. The Morgan fingerprint density at radius 1 is 0.171 bits per heavy atom. The highest BCUT2D eigenvalue weighted by Gasteiger charge is 2.30. The summed E-state index contributed by atoms with van der Waals surface area (Å²) in [6.07, 6.45) is 0. The number of hydrogen-bond donors (Lipinski definition) is 0. The molecule has 0 radical (unpaired) electrons. The maximum absolute atomic E-state index is 5.65. The molecule has 0 N–H and O–H groups in total. The number of hydrogen-bond acceptors (Lipinski definition) is 6. The topological polar surface area (TPSA) is 102 Å². The van der Waals surface area contributed by atoms with Crippen LogP contribution in [0.3, 0.4) is 0 Å². The van der Waals surface area contributed by atoms with Crippen LogP contribution in [0.25, 0.3) is 217 Å². The fourth-order valence-electron chi connectivity index (χ4n) is 17.6. The van der Waals surface area contributed by atoms with Crippen LogP contribution in [0.1, 0.15) is 0 Å². The highest BCUT2D eigenvalue weighted by Crippen LogP contribution is 2.50. The molecule has 23 rings (SSSR count). The molecule has 0 amide bonds. The Kier molecular flexibility index (Phi) is 13.8. The number of nitrogens with zero attached hydrogens (tertiary/aromatic N) is 11. The summed E-state index contributed by atoms with van der Waals surface area (Å²) in [5.74, 6) is 3.28. The third-order valence-electron chi connectivity index (χ3n) is 22.4. The first-order chi connectivity index (χ1) is 55.1. The van der Waals surface area contributed by atoms with Gasteiger partial charge in [-0.2, -0.15) is 19.9 Å². The van der Waals surface area contributed by atoms with E-state index in [0.29, 0.717) is 35.2 Å². The van der Waals surface area contributed by atoms with Crippen LogP contribution in [0.4, 0.5) is 0 Å². The van der Waals surface area contributed by atoms with Crippen molar-refractivity contribution in [2.75, 3.05) is 0 Å². The van der Waals surface area contributed by atoms with E-state index in [1.165, 1.54) is 16.2 Å². The van der Waals surface area contributed by atoms with Crippen LogP contribution in [-0.4, -0.2) is 52.7 Å². The van der Waals surface area contributed by atoms with Gasteiger partial charge in [0.2, 0.25) is 11.9 Å². The molecule has 0 aliphatic carbocycles. The Bertz CT molecular complexity index is 7760. The van der Waals surface area contributed by atoms with Crippen molar-refractivity contribution in [3.8, 4) is 96.8 Å². The minimum atomic E-state index is 0.507. The zero-order valence-electron chi connectivity index (χ0n) is 59.6. The molecular formula is C100H61N11. The second-order valence-electron chi connectivity index (χ2n) is 28.5. The summed E-state index contributed by atoms with van der Waals surface area (Å²) < 4.78 is 11.8. The molecule has 23 aromatic rings. The summed E-state index contributed by atoms with van der Waals surface area (Å²) in [5, 5.41) is 13.4. The maximum atomic E-state index is 5.65. The predicted octanol–water partition coefficient (Wildman–Crippen LogP) is 24.7. The number of para-hydroxylation sites is 7. The number of fused-ring (bicyclic) bond motifs is 18. The average molecular weight is 1420 g/mol. The van der Waals surface area contributed by atoms with E-state index in [-0.39, 0.29) is 0 Å². The van der Waals surface area contributed by atoms with Crippen molar-refractivity contribution < 1.29 is 0 Å². The van der Waals surface area contributed by atoms with Crippen molar-refractivity contribution in [3.05, 3.63) is 370 Å². The Balaban J connectivity index is 0.750. The highest BCUT2D eigenvalue weighted by atomic mass is 15.2. The first-order valence-electron chi connectivity index (χ1n) is 37.5. The zero-order valence-corrected chi connectivity index (χ0v) is 59.6. The van der Waals surface area contributed by atoms with E-state index in [9.17, 15) is 0 Å². The molecule has 11 nitrogen and oxygen atoms in total. The van der Waals surface area contributed by atoms with Crippen molar-refractivity contribution in [1.29, 1.82) is 0 Å². The van der Waals surface area contributed by atoms with E-state index in [1.54, 1.807) is 0 Å². The van der Waals surface area contributed by atoms with E-state index in [2.05, 4.69) is 356 Å². The lowest BCUT2D eigenvalue weighted by Crippen LogP contribution is -2.07. The molecule has 7 heterocycles. The van der Waals surface area contributed by atoms with Crippen molar-refractivity contribution in [2.24, 2.45) is 0 Å². The summed E-state index contributed by atoms with van der Waals surface area (Å²) in [6, 6.07) is 132. The van der Waals surface area contributed by atoms with Gasteiger partial charge in [0.15, 0.2) is 23.3 Å². The van der Waals surface area contributed by atoms with Crippen LogP contribution in [0, 0.1) is 0 Å². The maximum Gasteiger partial charge on any atom is 0.238 e. The average Bonchev–Trinajstić information content (AvgIpc) is 1.54. The quantitative estimate of drug-likeness (QED) is 0.128. The number of aromatic nitrogens is 11. The van der Waals surface area contributed by atoms with Gasteiger partial charge in [-0.3, -0.25) is 9.13 Å². The normalized spacial score (nSPS) is 12.0. The van der Waals surface area contributed by atoms with Gasteiger partial charge in [0.1, 0.15) is 0 Å². The van der Waals surface area contributed by atoms with Gasteiger partial charge < -0.3 is 13.7 Å². The lowest BCUT2D eigenvalue weighted by atomic mass is 9.93. The molecule has 0 saturated carbocycles. The molecule has 0 atom stereocenters. The summed E-state index contributed by atoms with van der Waals surface area (Å²) >= 11 is 0. The molecule has 16 aromatic carbocycles. The van der Waals surface area contributed by atoms with E-state index >= 15 is 0 Å². The van der Waals surface area contributed by atoms with Crippen molar-refractivity contribution in [1.82, 2.24) is 52.7 Å². The molecule has 0 spiro atoms. The predicted molar refractivity (Wildman–Crippen MR) is 455 cm³/mol. The molecule has 111 heavy (non-hydrogen) atoms. The van der Waals surface area contributed by atoms with Gasteiger partial charge in [-0.25, -0.2) is 9.97 Å². The van der Waals surface area contributed by atoms with Gasteiger partial charge in [0, 0.05) is 93.2 Å². The van der Waals surface area contributed by atoms with E-state index in [0.717, 1.165) is 165 Å². The Morgan fingerprint density at radius 2 is 0.532 bits per heavy atom. The molecule has 0 aliphatic rings. The number of rotatable bonds is 11. The van der Waals surface area contributed by atoms with Crippen LogP contribution >= 0.6 is 0 Å². The number of benzene rings is 16.